The van der Waals surface area contributed by atoms with Crippen molar-refractivity contribution in [3.63, 3.8) is 0 Å². The largest absolute Gasteiger partial charge is 0.354 e. The lowest BCUT2D eigenvalue weighted by atomic mass is 10.1. The van der Waals surface area contributed by atoms with Crippen LogP contribution in [-0.4, -0.2) is 44.3 Å². The number of nitrogens with zero attached hydrogens (tertiary/aromatic N) is 2. The first-order valence-electron chi connectivity index (χ1n) is 12.9. The van der Waals surface area contributed by atoms with E-state index in [1.54, 1.807) is 50.2 Å². The molecule has 9 heteroatoms. The maximum absolute atomic E-state index is 14.0. The Bertz CT molecular complexity index is 1410. The van der Waals surface area contributed by atoms with E-state index in [4.69, 9.17) is 11.6 Å². The average Bonchev–Trinajstić information content (AvgIpc) is 2.89. The van der Waals surface area contributed by atoms with Crippen LogP contribution in [0.5, 0.6) is 0 Å². The molecule has 7 nitrogen and oxygen atoms in total. The standard InChI is InChI=1S/C30H36ClN3O4S/c1-21(2)18-32-30(36)24(5)33(19-25-11-9-10-22(3)16-25)29(35)20-34(28-15-14-26(31)17-23(28)4)39(37,38)27-12-7-6-8-13-27/h6-17,21,24H,18-20H2,1-5H3,(H,32,36). The van der Waals surface area contributed by atoms with Crippen LogP contribution in [0.15, 0.2) is 77.7 Å². The third-order valence-electron chi connectivity index (χ3n) is 6.32. The van der Waals surface area contributed by atoms with Crippen LogP contribution in [0.1, 0.15) is 37.5 Å². The molecule has 208 valence electrons. The normalized spacial score (nSPS) is 12.2. The number of hydrogen-bond donors (Lipinski definition) is 1. The van der Waals surface area contributed by atoms with E-state index in [1.807, 2.05) is 45.0 Å². The predicted molar refractivity (Wildman–Crippen MR) is 156 cm³/mol. The van der Waals surface area contributed by atoms with Crippen molar-refractivity contribution >= 4 is 39.1 Å². The first kappa shape index (κ1) is 30.2. The Balaban J connectivity index is 2.03. The maximum atomic E-state index is 14.0. The van der Waals surface area contributed by atoms with Crippen molar-refractivity contribution in [2.24, 2.45) is 5.92 Å². The first-order valence-corrected chi connectivity index (χ1v) is 14.7. The summed E-state index contributed by atoms with van der Waals surface area (Å²) in [4.78, 5) is 28.5. The number of hydrogen-bond acceptors (Lipinski definition) is 4. The maximum Gasteiger partial charge on any atom is 0.264 e. The number of carbonyl (C=O) groups is 2. The van der Waals surface area contributed by atoms with Crippen molar-refractivity contribution in [1.82, 2.24) is 10.2 Å². The number of anilines is 1. The molecule has 0 aliphatic carbocycles. The molecule has 1 unspecified atom stereocenters. The van der Waals surface area contributed by atoms with Crippen LogP contribution in [0.25, 0.3) is 0 Å². The van der Waals surface area contributed by atoms with Gasteiger partial charge in [0.15, 0.2) is 0 Å². The Morgan fingerprint density at radius 2 is 1.62 bits per heavy atom. The van der Waals surface area contributed by atoms with Gasteiger partial charge < -0.3 is 10.2 Å². The van der Waals surface area contributed by atoms with Crippen molar-refractivity contribution in [2.45, 2.75) is 52.1 Å². The lowest BCUT2D eigenvalue weighted by molar-refractivity contribution is -0.139. The lowest BCUT2D eigenvalue weighted by Gasteiger charge is -2.32. The molecule has 3 aromatic carbocycles. The molecule has 0 aromatic heterocycles. The molecule has 0 saturated carbocycles. The summed E-state index contributed by atoms with van der Waals surface area (Å²) in [5.74, 6) is -0.566. The summed E-state index contributed by atoms with van der Waals surface area (Å²) < 4.78 is 28.8. The number of halogens is 1. The van der Waals surface area contributed by atoms with Gasteiger partial charge in [-0.3, -0.25) is 13.9 Å². The van der Waals surface area contributed by atoms with Crippen molar-refractivity contribution in [3.8, 4) is 0 Å². The molecule has 3 rings (SSSR count). The molecule has 0 aliphatic heterocycles. The van der Waals surface area contributed by atoms with E-state index in [1.165, 1.54) is 17.0 Å². The van der Waals surface area contributed by atoms with Gasteiger partial charge >= 0.3 is 0 Å². The molecule has 0 spiro atoms. The molecule has 0 aliphatic rings. The second-order valence-corrected chi connectivity index (χ2v) is 12.4. The number of nitrogens with one attached hydrogen (secondary N) is 1. The van der Waals surface area contributed by atoms with E-state index in [0.717, 1.165) is 15.4 Å². The van der Waals surface area contributed by atoms with Crippen molar-refractivity contribution in [3.05, 3.63) is 94.5 Å². The summed E-state index contributed by atoms with van der Waals surface area (Å²) in [7, 11) is -4.12. The van der Waals surface area contributed by atoms with Crippen molar-refractivity contribution < 1.29 is 18.0 Å². The monoisotopic (exact) mass is 569 g/mol. The highest BCUT2D eigenvalue weighted by atomic mass is 35.5. The van der Waals surface area contributed by atoms with Gasteiger partial charge in [0.25, 0.3) is 10.0 Å². The molecule has 2 amide bonds. The smallest absolute Gasteiger partial charge is 0.264 e. The Kier molecular flexibility index (Phi) is 10.2. The fourth-order valence-corrected chi connectivity index (χ4v) is 5.90. The summed E-state index contributed by atoms with van der Waals surface area (Å²) in [6.45, 7) is 9.45. The third-order valence-corrected chi connectivity index (χ3v) is 8.33. The number of amides is 2. The van der Waals surface area contributed by atoms with Crippen LogP contribution in [0.2, 0.25) is 5.02 Å². The lowest BCUT2D eigenvalue weighted by Crippen LogP contribution is -2.51. The summed E-state index contributed by atoms with van der Waals surface area (Å²) in [6, 6.07) is 19.6. The SMILES string of the molecule is Cc1cccc(CN(C(=O)CN(c2ccc(Cl)cc2C)S(=O)(=O)c2ccccc2)C(C)C(=O)NCC(C)C)c1. The quantitative estimate of drug-likeness (QED) is 0.338. The van der Waals surface area contributed by atoms with Crippen LogP contribution in [0.3, 0.4) is 0 Å². The van der Waals surface area contributed by atoms with Crippen LogP contribution in [-0.2, 0) is 26.2 Å². The first-order chi connectivity index (χ1) is 18.4. The molecular formula is C30H36ClN3O4S. The fourth-order valence-electron chi connectivity index (χ4n) is 4.17. The molecule has 39 heavy (non-hydrogen) atoms. The minimum Gasteiger partial charge on any atom is -0.354 e. The van der Waals surface area contributed by atoms with Gasteiger partial charge in [0.2, 0.25) is 11.8 Å². The zero-order chi connectivity index (χ0) is 28.7. The summed E-state index contributed by atoms with van der Waals surface area (Å²) in [6.07, 6.45) is 0. The Morgan fingerprint density at radius 3 is 2.23 bits per heavy atom. The van der Waals surface area contributed by atoms with Gasteiger partial charge in [-0.2, -0.15) is 0 Å². The molecule has 3 aromatic rings. The van der Waals surface area contributed by atoms with E-state index >= 15 is 0 Å². The van der Waals surface area contributed by atoms with Gasteiger partial charge in [-0.05, 0) is 68.1 Å². The Hall–Kier alpha value is -3.36. The number of benzene rings is 3. The fraction of sp³-hybridized carbons (Fsp3) is 0.333. The van der Waals surface area contributed by atoms with E-state index in [0.29, 0.717) is 22.8 Å². The van der Waals surface area contributed by atoms with Crippen molar-refractivity contribution in [1.29, 1.82) is 0 Å². The molecule has 0 saturated heterocycles. The number of rotatable bonds is 11. The topological polar surface area (TPSA) is 86.8 Å². The summed E-state index contributed by atoms with van der Waals surface area (Å²) in [5.41, 5.74) is 2.79. The highest BCUT2D eigenvalue weighted by Crippen LogP contribution is 2.29. The number of aryl methyl sites for hydroxylation is 2. The van der Waals surface area contributed by atoms with Crippen LogP contribution >= 0.6 is 11.6 Å². The van der Waals surface area contributed by atoms with Gasteiger partial charge in [-0.1, -0.05) is 73.5 Å². The Labute approximate surface area is 236 Å². The molecule has 0 heterocycles. The molecule has 1 N–H and O–H groups in total. The Morgan fingerprint density at radius 1 is 0.923 bits per heavy atom. The minimum atomic E-state index is -4.12. The minimum absolute atomic E-state index is 0.0557. The predicted octanol–water partition coefficient (Wildman–Crippen LogP) is 5.34. The van der Waals surface area contributed by atoms with Gasteiger partial charge in [0.1, 0.15) is 12.6 Å². The third kappa shape index (κ3) is 7.83. The van der Waals surface area contributed by atoms with Crippen LogP contribution in [0, 0.1) is 19.8 Å². The second kappa shape index (κ2) is 13.1. The molecule has 0 radical (unpaired) electrons. The summed E-state index contributed by atoms with van der Waals surface area (Å²) >= 11 is 6.15. The van der Waals surface area contributed by atoms with Crippen LogP contribution < -0.4 is 9.62 Å². The zero-order valence-electron chi connectivity index (χ0n) is 23.0. The zero-order valence-corrected chi connectivity index (χ0v) is 24.6. The second-order valence-electron chi connectivity index (χ2n) is 10.1. The molecule has 0 fully saturated rings. The van der Waals surface area contributed by atoms with Gasteiger partial charge in [-0.25, -0.2) is 8.42 Å². The van der Waals surface area contributed by atoms with E-state index in [2.05, 4.69) is 5.32 Å². The van der Waals surface area contributed by atoms with E-state index in [-0.39, 0.29) is 23.3 Å². The highest BCUT2D eigenvalue weighted by molar-refractivity contribution is 7.92. The van der Waals surface area contributed by atoms with Gasteiger partial charge in [-0.15, -0.1) is 0 Å². The molecular weight excluding hydrogens is 534 g/mol. The summed E-state index contributed by atoms with van der Waals surface area (Å²) in [5, 5.41) is 3.35. The van der Waals surface area contributed by atoms with Gasteiger partial charge in [0, 0.05) is 18.1 Å². The van der Waals surface area contributed by atoms with E-state index in [9.17, 15) is 18.0 Å². The number of carbonyl (C=O) groups excluding carboxylic acids is 2. The van der Waals surface area contributed by atoms with Crippen molar-refractivity contribution in [2.75, 3.05) is 17.4 Å². The van der Waals surface area contributed by atoms with E-state index < -0.39 is 28.5 Å². The molecule has 1 atom stereocenters. The van der Waals surface area contributed by atoms with Crippen LogP contribution in [0.4, 0.5) is 5.69 Å². The highest BCUT2D eigenvalue weighted by Gasteiger charge is 2.33. The molecule has 0 bridgehead atoms. The van der Waals surface area contributed by atoms with Gasteiger partial charge in [0.05, 0.1) is 10.6 Å². The number of sulfonamides is 1. The average molecular weight is 570 g/mol.